The highest BCUT2D eigenvalue weighted by Gasteiger charge is 2.35. The van der Waals surface area contributed by atoms with E-state index in [0.717, 1.165) is 25.3 Å². The number of alkyl halides is 3. The molecule has 3 N–H and O–H groups in total. The van der Waals surface area contributed by atoms with E-state index in [-0.39, 0.29) is 17.2 Å². The number of halogens is 3. The Morgan fingerprint density at radius 1 is 1.33 bits per heavy atom. The third-order valence-corrected chi connectivity index (χ3v) is 4.28. The average Bonchev–Trinajstić information content (AvgIpc) is 2.46. The number of hydrogen-bond donors (Lipinski definition) is 2. The third kappa shape index (κ3) is 3.55. The molecule has 1 aromatic rings. The smallest absolute Gasteiger partial charge is 0.356 e. The molecule has 2 rings (SSSR count). The van der Waals surface area contributed by atoms with Gasteiger partial charge in [-0.2, -0.15) is 18.2 Å². The van der Waals surface area contributed by atoms with Crippen LogP contribution in [0.1, 0.15) is 38.8 Å². The fourth-order valence-corrected chi connectivity index (χ4v) is 2.44. The van der Waals surface area contributed by atoms with Crippen molar-refractivity contribution >= 4 is 11.8 Å². The molecule has 1 aromatic heterocycles. The van der Waals surface area contributed by atoms with Gasteiger partial charge in [0.05, 0.1) is 0 Å². The van der Waals surface area contributed by atoms with E-state index in [1.165, 1.54) is 0 Å². The lowest BCUT2D eigenvalue weighted by Crippen LogP contribution is -2.39. The Kier molecular flexibility index (Phi) is 4.27. The van der Waals surface area contributed by atoms with Crippen molar-refractivity contribution in [1.29, 1.82) is 0 Å². The molecule has 0 spiro atoms. The van der Waals surface area contributed by atoms with Gasteiger partial charge in [0.1, 0.15) is 5.82 Å². The number of hydrazine groups is 1. The molecule has 1 saturated heterocycles. The second-order valence-corrected chi connectivity index (χ2v) is 5.73. The molecule has 0 aliphatic carbocycles. The number of nitrogens with one attached hydrogen (secondary N) is 1. The van der Waals surface area contributed by atoms with Gasteiger partial charge < -0.3 is 4.90 Å². The fourth-order valence-electron chi connectivity index (χ4n) is 2.44. The summed E-state index contributed by atoms with van der Waals surface area (Å²) >= 11 is 0. The van der Waals surface area contributed by atoms with Crippen molar-refractivity contribution < 1.29 is 13.2 Å². The molecule has 21 heavy (non-hydrogen) atoms. The molecular formula is C13H20F3N5. The minimum Gasteiger partial charge on any atom is -0.356 e. The molecule has 0 atom stereocenters. The summed E-state index contributed by atoms with van der Waals surface area (Å²) in [4.78, 5) is 9.26. The normalized spacial score (nSPS) is 18.7. The zero-order valence-corrected chi connectivity index (χ0v) is 12.2. The van der Waals surface area contributed by atoms with Crippen molar-refractivity contribution in [3.63, 3.8) is 0 Å². The molecule has 5 nitrogen and oxygen atoms in total. The van der Waals surface area contributed by atoms with Crippen LogP contribution in [0.4, 0.5) is 24.9 Å². The molecule has 0 bridgehead atoms. The van der Waals surface area contributed by atoms with E-state index in [4.69, 9.17) is 5.84 Å². The molecule has 0 unspecified atom stereocenters. The van der Waals surface area contributed by atoms with Gasteiger partial charge in [0, 0.05) is 19.2 Å². The standard InChI is InChI=1S/C13H20F3N5/c1-3-12(2)4-6-21(7-5-12)10-8-9(13(14,15)16)18-11(19-10)20-17/h8H,3-7,17H2,1-2H3,(H,18,19,20). The largest absolute Gasteiger partial charge is 0.433 e. The van der Waals surface area contributed by atoms with E-state index in [1.807, 2.05) is 4.90 Å². The van der Waals surface area contributed by atoms with E-state index >= 15 is 0 Å². The van der Waals surface area contributed by atoms with Crippen LogP contribution in [0, 0.1) is 5.41 Å². The van der Waals surface area contributed by atoms with Gasteiger partial charge >= 0.3 is 6.18 Å². The predicted molar refractivity (Wildman–Crippen MR) is 74.7 cm³/mol. The average molecular weight is 303 g/mol. The molecule has 0 radical (unpaired) electrons. The Labute approximate surface area is 121 Å². The maximum atomic E-state index is 12.9. The lowest BCUT2D eigenvalue weighted by atomic mass is 9.78. The summed E-state index contributed by atoms with van der Waals surface area (Å²) in [5.41, 5.74) is 1.37. The van der Waals surface area contributed by atoms with E-state index in [9.17, 15) is 13.2 Å². The Hall–Kier alpha value is -1.57. The number of rotatable bonds is 3. The van der Waals surface area contributed by atoms with Crippen LogP contribution in [-0.2, 0) is 6.18 Å². The van der Waals surface area contributed by atoms with Crippen LogP contribution in [0.25, 0.3) is 0 Å². The zero-order chi connectivity index (χ0) is 15.7. The number of nitrogens with zero attached hydrogens (tertiary/aromatic N) is 3. The van der Waals surface area contributed by atoms with E-state index in [2.05, 4.69) is 29.2 Å². The van der Waals surface area contributed by atoms with Crippen molar-refractivity contribution in [2.45, 2.75) is 39.3 Å². The molecule has 1 fully saturated rings. The first-order valence-corrected chi connectivity index (χ1v) is 6.95. The van der Waals surface area contributed by atoms with Gasteiger partial charge in [-0.3, -0.25) is 5.43 Å². The topological polar surface area (TPSA) is 67.1 Å². The van der Waals surface area contributed by atoms with Crippen molar-refractivity contribution in [2.24, 2.45) is 11.3 Å². The predicted octanol–water partition coefficient (Wildman–Crippen LogP) is 2.80. The monoisotopic (exact) mass is 303 g/mol. The van der Waals surface area contributed by atoms with Crippen LogP contribution in [0.15, 0.2) is 6.07 Å². The van der Waals surface area contributed by atoms with Gasteiger partial charge in [-0.1, -0.05) is 20.3 Å². The van der Waals surface area contributed by atoms with Gasteiger partial charge in [-0.05, 0) is 18.3 Å². The van der Waals surface area contributed by atoms with Crippen LogP contribution in [0.2, 0.25) is 0 Å². The highest BCUT2D eigenvalue weighted by atomic mass is 19.4. The summed E-state index contributed by atoms with van der Waals surface area (Å²) < 4.78 is 38.6. The Morgan fingerprint density at radius 2 is 1.95 bits per heavy atom. The molecule has 8 heteroatoms. The van der Waals surface area contributed by atoms with Gasteiger partial charge in [0.2, 0.25) is 5.95 Å². The molecule has 0 saturated carbocycles. The second-order valence-electron chi connectivity index (χ2n) is 5.73. The first-order valence-electron chi connectivity index (χ1n) is 6.95. The number of piperidine rings is 1. The van der Waals surface area contributed by atoms with Gasteiger partial charge in [0.15, 0.2) is 5.69 Å². The lowest BCUT2D eigenvalue weighted by molar-refractivity contribution is -0.141. The molecule has 0 amide bonds. The van der Waals surface area contributed by atoms with Gasteiger partial charge in [-0.15, -0.1) is 0 Å². The van der Waals surface area contributed by atoms with E-state index in [1.54, 1.807) is 0 Å². The lowest BCUT2D eigenvalue weighted by Gasteiger charge is -2.39. The van der Waals surface area contributed by atoms with Crippen LogP contribution in [0.5, 0.6) is 0 Å². The maximum Gasteiger partial charge on any atom is 0.433 e. The third-order valence-electron chi connectivity index (χ3n) is 4.28. The van der Waals surface area contributed by atoms with Crippen molar-refractivity contribution in [3.05, 3.63) is 11.8 Å². The minimum atomic E-state index is -4.52. The quantitative estimate of drug-likeness (QED) is 0.664. The van der Waals surface area contributed by atoms with Crippen LogP contribution < -0.4 is 16.2 Å². The maximum absolute atomic E-state index is 12.9. The highest BCUT2D eigenvalue weighted by Crippen LogP contribution is 2.36. The first-order chi connectivity index (χ1) is 9.77. The fraction of sp³-hybridized carbons (Fsp3) is 0.692. The number of nitrogen functional groups attached to an aromatic ring is 1. The second kappa shape index (κ2) is 5.67. The van der Waals surface area contributed by atoms with Crippen LogP contribution >= 0.6 is 0 Å². The number of anilines is 2. The van der Waals surface area contributed by atoms with Crippen molar-refractivity contribution in [1.82, 2.24) is 9.97 Å². The summed E-state index contributed by atoms with van der Waals surface area (Å²) in [5.74, 6) is 5.21. The molecule has 0 aromatic carbocycles. The molecule has 2 heterocycles. The SMILES string of the molecule is CCC1(C)CCN(c2cc(C(F)(F)F)nc(NN)n2)CC1. The number of hydrogen-bond acceptors (Lipinski definition) is 5. The van der Waals surface area contributed by atoms with Gasteiger partial charge in [-0.25, -0.2) is 10.8 Å². The van der Waals surface area contributed by atoms with E-state index < -0.39 is 11.9 Å². The van der Waals surface area contributed by atoms with Crippen molar-refractivity contribution in [2.75, 3.05) is 23.4 Å². The summed E-state index contributed by atoms with van der Waals surface area (Å²) in [7, 11) is 0. The Balaban J connectivity index is 2.24. The molecule has 1 aliphatic rings. The van der Waals surface area contributed by atoms with E-state index in [0.29, 0.717) is 13.1 Å². The number of aromatic nitrogens is 2. The van der Waals surface area contributed by atoms with Crippen LogP contribution in [-0.4, -0.2) is 23.1 Å². The Morgan fingerprint density at radius 3 is 2.43 bits per heavy atom. The summed E-state index contributed by atoms with van der Waals surface area (Å²) in [6.45, 7) is 5.71. The van der Waals surface area contributed by atoms with Crippen molar-refractivity contribution in [3.8, 4) is 0 Å². The summed E-state index contributed by atoms with van der Waals surface area (Å²) in [6, 6.07) is 0.982. The summed E-state index contributed by atoms with van der Waals surface area (Å²) in [6.07, 6.45) is -1.59. The number of nitrogens with two attached hydrogens (primary N) is 1. The minimum absolute atomic E-state index is 0.219. The molecular weight excluding hydrogens is 283 g/mol. The van der Waals surface area contributed by atoms with Gasteiger partial charge in [0.25, 0.3) is 0 Å². The first kappa shape index (κ1) is 15.8. The zero-order valence-electron chi connectivity index (χ0n) is 12.2. The molecule has 1 aliphatic heterocycles. The highest BCUT2D eigenvalue weighted by molar-refractivity contribution is 5.45. The Bertz CT molecular complexity index is 495. The van der Waals surface area contributed by atoms with Crippen LogP contribution in [0.3, 0.4) is 0 Å². The summed E-state index contributed by atoms with van der Waals surface area (Å²) in [5, 5.41) is 0. The molecule has 118 valence electrons.